The Morgan fingerprint density at radius 1 is 1.19 bits per heavy atom. The van der Waals surface area contributed by atoms with Crippen molar-refractivity contribution < 1.29 is 9.53 Å². The summed E-state index contributed by atoms with van der Waals surface area (Å²) in [5.74, 6) is -0.291. The van der Waals surface area contributed by atoms with Gasteiger partial charge in [-0.3, -0.25) is 0 Å². The molecule has 0 amide bonds. The molecule has 0 bridgehead atoms. The SMILES string of the molecule is COC(=O)c1ccc(/C=C/[Si](C)(C)C)cc1. The van der Waals surface area contributed by atoms with Crippen LogP contribution in [0.15, 0.2) is 30.0 Å². The summed E-state index contributed by atoms with van der Waals surface area (Å²) in [5.41, 5.74) is 3.99. The van der Waals surface area contributed by atoms with Crippen molar-refractivity contribution in [3.63, 3.8) is 0 Å². The minimum absolute atomic E-state index is 0.291. The summed E-state index contributed by atoms with van der Waals surface area (Å²) < 4.78 is 4.64. The maximum absolute atomic E-state index is 11.2. The van der Waals surface area contributed by atoms with Crippen LogP contribution >= 0.6 is 0 Å². The molecule has 0 heterocycles. The minimum Gasteiger partial charge on any atom is -0.465 e. The van der Waals surface area contributed by atoms with Crippen LogP contribution in [0.5, 0.6) is 0 Å². The second-order valence-corrected chi connectivity index (χ2v) is 9.88. The zero-order chi connectivity index (χ0) is 12.2. The molecule has 0 N–H and O–H groups in total. The molecule has 0 aliphatic heterocycles. The van der Waals surface area contributed by atoms with Crippen molar-refractivity contribution in [1.82, 2.24) is 0 Å². The lowest BCUT2D eigenvalue weighted by Crippen LogP contribution is -2.15. The summed E-state index contributed by atoms with van der Waals surface area (Å²) in [6.07, 6.45) is 2.12. The highest BCUT2D eigenvalue weighted by atomic mass is 28.3. The molecule has 0 fully saturated rings. The van der Waals surface area contributed by atoms with Gasteiger partial charge in [-0.15, -0.1) is 0 Å². The van der Waals surface area contributed by atoms with Crippen molar-refractivity contribution in [2.24, 2.45) is 0 Å². The van der Waals surface area contributed by atoms with E-state index in [4.69, 9.17) is 0 Å². The monoisotopic (exact) mass is 234 g/mol. The molecule has 1 aromatic carbocycles. The number of carbonyl (C=O) groups excluding carboxylic acids is 1. The summed E-state index contributed by atoms with van der Waals surface area (Å²) in [6, 6.07) is 7.44. The summed E-state index contributed by atoms with van der Waals surface area (Å²) in [4.78, 5) is 11.2. The molecule has 0 saturated heterocycles. The van der Waals surface area contributed by atoms with Crippen molar-refractivity contribution in [2.75, 3.05) is 7.11 Å². The largest absolute Gasteiger partial charge is 0.465 e. The van der Waals surface area contributed by atoms with Crippen LogP contribution in [0.4, 0.5) is 0 Å². The predicted molar refractivity (Wildman–Crippen MR) is 70.2 cm³/mol. The van der Waals surface area contributed by atoms with E-state index >= 15 is 0 Å². The first kappa shape index (κ1) is 12.7. The fourth-order valence-electron chi connectivity index (χ4n) is 1.19. The topological polar surface area (TPSA) is 26.3 Å². The van der Waals surface area contributed by atoms with Gasteiger partial charge in [-0.25, -0.2) is 4.79 Å². The van der Waals surface area contributed by atoms with Crippen LogP contribution in [0, 0.1) is 0 Å². The lowest BCUT2D eigenvalue weighted by Gasteiger charge is -2.08. The standard InChI is InChI=1S/C13H18O2Si/c1-15-13(14)12-7-5-11(6-8-12)9-10-16(2,3)4/h5-10H,1-4H3/b10-9+. The summed E-state index contributed by atoms with van der Waals surface area (Å²) in [6.45, 7) is 6.85. The van der Waals surface area contributed by atoms with Crippen molar-refractivity contribution in [2.45, 2.75) is 19.6 Å². The lowest BCUT2D eigenvalue weighted by molar-refractivity contribution is 0.0601. The smallest absolute Gasteiger partial charge is 0.337 e. The van der Waals surface area contributed by atoms with E-state index in [-0.39, 0.29) is 5.97 Å². The van der Waals surface area contributed by atoms with E-state index in [1.807, 2.05) is 12.1 Å². The summed E-state index contributed by atoms with van der Waals surface area (Å²) in [5, 5.41) is 0. The molecule has 0 unspecified atom stereocenters. The van der Waals surface area contributed by atoms with Crippen molar-refractivity contribution in [3.8, 4) is 0 Å². The molecule has 0 aliphatic carbocycles. The molecule has 2 nitrogen and oxygen atoms in total. The number of methoxy groups -OCH3 is 1. The van der Waals surface area contributed by atoms with Crippen LogP contribution in [0.1, 0.15) is 15.9 Å². The molecule has 86 valence electrons. The maximum atomic E-state index is 11.2. The van der Waals surface area contributed by atoms with Crippen LogP contribution in [0.2, 0.25) is 19.6 Å². The van der Waals surface area contributed by atoms with E-state index in [0.29, 0.717) is 5.56 Å². The van der Waals surface area contributed by atoms with Gasteiger partial charge in [0.2, 0.25) is 0 Å². The zero-order valence-corrected chi connectivity index (χ0v) is 11.3. The number of hydrogen-bond donors (Lipinski definition) is 0. The molecule has 0 spiro atoms. The van der Waals surface area contributed by atoms with Gasteiger partial charge >= 0.3 is 5.97 Å². The molecule has 0 aromatic heterocycles. The molecule has 1 rings (SSSR count). The Bertz CT molecular complexity index is 385. The lowest BCUT2D eigenvalue weighted by atomic mass is 10.1. The summed E-state index contributed by atoms with van der Waals surface area (Å²) in [7, 11) is 0.236. The first-order chi connectivity index (χ1) is 7.42. The van der Waals surface area contributed by atoms with Crippen LogP contribution in [0.25, 0.3) is 6.08 Å². The molecular weight excluding hydrogens is 216 g/mol. The molecule has 0 radical (unpaired) electrons. The van der Waals surface area contributed by atoms with Gasteiger partial charge in [0.1, 0.15) is 0 Å². The number of rotatable bonds is 3. The Hall–Kier alpha value is -1.35. The van der Waals surface area contributed by atoms with Gasteiger partial charge in [0.05, 0.1) is 20.7 Å². The van der Waals surface area contributed by atoms with Gasteiger partial charge < -0.3 is 4.74 Å². The minimum atomic E-state index is -1.15. The highest BCUT2D eigenvalue weighted by Crippen LogP contribution is 2.10. The predicted octanol–water partition coefficient (Wildman–Crippen LogP) is 3.36. The van der Waals surface area contributed by atoms with Crippen LogP contribution in [-0.2, 0) is 4.74 Å². The quantitative estimate of drug-likeness (QED) is 0.592. The van der Waals surface area contributed by atoms with Gasteiger partial charge in [0, 0.05) is 0 Å². The summed E-state index contributed by atoms with van der Waals surface area (Å²) >= 11 is 0. The van der Waals surface area contributed by atoms with Crippen LogP contribution in [-0.4, -0.2) is 21.2 Å². The van der Waals surface area contributed by atoms with Crippen molar-refractivity contribution in [1.29, 1.82) is 0 Å². The molecule has 16 heavy (non-hydrogen) atoms. The van der Waals surface area contributed by atoms with Crippen LogP contribution in [0.3, 0.4) is 0 Å². The number of benzene rings is 1. The van der Waals surface area contributed by atoms with Crippen LogP contribution < -0.4 is 0 Å². The number of ether oxygens (including phenoxy) is 1. The van der Waals surface area contributed by atoms with Crippen molar-refractivity contribution in [3.05, 3.63) is 41.1 Å². The third-order valence-electron chi connectivity index (χ3n) is 2.11. The van der Waals surface area contributed by atoms with Gasteiger partial charge in [-0.1, -0.05) is 43.5 Å². The van der Waals surface area contributed by atoms with E-state index in [1.54, 1.807) is 12.1 Å². The van der Waals surface area contributed by atoms with Gasteiger partial charge in [-0.05, 0) is 17.7 Å². The molecule has 0 aliphatic rings. The second kappa shape index (κ2) is 5.12. The molecule has 0 atom stereocenters. The normalized spacial score (nSPS) is 11.8. The average molecular weight is 234 g/mol. The van der Waals surface area contributed by atoms with Crippen molar-refractivity contribution >= 4 is 20.1 Å². The zero-order valence-electron chi connectivity index (χ0n) is 10.3. The number of esters is 1. The van der Waals surface area contributed by atoms with Gasteiger partial charge in [-0.2, -0.15) is 0 Å². The highest BCUT2D eigenvalue weighted by molar-refractivity contribution is 6.81. The first-order valence-electron chi connectivity index (χ1n) is 5.30. The molecule has 1 aromatic rings. The third-order valence-corrected chi connectivity index (χ3v) is 3.27. The first-order valence-corrected chi connectivity index (χ1v) is 8.88. The fraction of sp³-hybridized carbons (Fsp3) is 0.308. The Balaban J connectivity index is 2.80. The fourth-order valence-corrected chi connectivity index (χ4v) is 1.89. The number of hydrogen-bond acceptors (Lipinski definition) is 2. The van der Waals surface area contributed by atoms with E-state index < -0.39 is 8.07 Å². The highest BCUT2D eigenvalue weighted by Gasteiger charge is 2.07. The van der Waals surface area contributed by atoms with E-state index in [0.717, 1.165) is 5.56 Å². The Labute approximate surface area is 98.0 Å². The van der Waals surface area contributed by atoms with E-state index in [1.165, 1.54) is 7.11 Å². The molecule has 3 heteroatoms. The molecular formula is C13H18O2Si. The Morgan fingerprint density at radius 3 is 2.19 bits per heavy atom. The molecule has 0 saturated carbocycles. The van der Waals surface area contributed by atoms with E-state index in [2.05, 4.69) is 36.2 Å². The van der Waals surface area contributed by atoms with E-state index in [9.17, 15) is 4.79 Å². The van der Waals surface area contributed by atoms with Gasteiger partial charge in [0.15, 0.2) is 0 Å². The average Bonchev–Trinajstić information content (AvgIpc) is 2.25. The Morgan fingerprint density at radius 2 is 1.75 bits per heavy atom. The Kier molecular flexibility index (Phi) is 4.07. The maximum Gasteiger partial charge on any atom is 0.337 e. The third kappa shape index (κ3) is 4.02. The second-order valence-electron chi connectivity index (χ2n) is 4.81. The number of carbonyl (C=O) groups is 1. The van der Waals surface area contributed by atoms with Gasteiger partial charge in [0.25, 0.3) is 0 Å².